The third-order valence-electron chi connectivity index (χ3n) is 2.37. The lowest BCUT2D eigenvalue weighted by Gasteiger charge is -2.09. The van der Waals surface area contributed by atoms with E-state index in [9.17, 15) is 4.79 Å². The molecule has 1 aliphatic rings. The molecule has 2 rings (SSSR count). The lowest BCUT2D eigenvalue weighted by atomic mass is 9.99. The highest BCUT2D eigenvalue weighted by Gasteiger charge is 2.45. The fourth-order valence-corrected chi connectivity index (χ4v) is 2.15. The van der Waals surface area contributed by atoms with Crippen LogP contribution in [-0.4, -0.2) is 11.3 Å². The van der Waals surface area contributed by atoms with Crippen molar-refractivity contribution in [3.05, 3.63) is 27.5 Å². The predicted octanol–water partition coefficient (Wildman–Crippen LogP) is 2.73. The Morgan fingerprint density at radius 3 is 2.85 bits per heavy atom. The number of hydrogen-bond acceptors (Lipinski definition) is 2. The molecule has 68 valence electrons. The van der Waals surface area contributed by atoms with Gasteiger partial charge in [0.05, 0.1) is 5.41 Å². The van der Waals surface area contributed by atoms with Crippen LogP contribution in [0.15, 0.2) is 16.7 Å². The van der Waals surface area contributed by atoms with Crippen molar-refractivity contribution in [2.75, 3.05) is 0 Å². The van der Waals surface area contributed by atoms with Crippen LogP contribution in [0.25, 0.3) is 0 Å². The zero-order valence-corrected chi connectivity index (χ0v) is 9.10. The minimum Gasteiger partial charge on any atom is -0.302 e. The summed E-state index contributed by atoms with van der Waals surface area (Å²) in [6.07, 6.45) is 4.47. The van der Waals surface area contributed by atoms with Gasteiger partial charge in [0.25, 0.3) is 0 Å². The lowest BCUT2D eigenvalue weighted by molar-refractivity contribution is -0.109. The highest BCUT2D eigenvalue weighted by molar-refractivity contribution is 9.10. The molecule has 0 radical (unpaired) electrons. The highest BCUT2D eigenvalue weighted by Crippen LogP contribution is 2.48. The van der Waals surface area contributed by atoms with E-state index in [2.05, 4.69) is 20.9 Å². The van der Waals surface area contributed by atoms with E-state index in [4.69, 9.17) is 11.6 Å². The van der Waals surface area contributed by atoms with Gasteiger partial charge in [0, 0.05) is 10.7 Å². The molecule has 0 unspecified atom stereocenters. The van der Waals surface area contributed by atoms with E-state index in [0.29, 0.717) is 5.15 Å². The van der Waals surface area contributed by atoms with Gasteiger partial charge < -0.3 is 4.79 Å². The van der Waals surface area contributed by atoms with Gasteiger partial charge in [-0.05, 0) is 40.4 Å². The van der Waals surface area contributed by atoms with Crippen LogP contribution in [0.2, 0.25) is 5.15 Å². The standard InChI is InChI=1S/C9H7BrClNO/c10-7-4-12-8(11)3-6(7)9(5-13)1-2-9/h3-5H,1-2H2. The van der Waals surface area contributed by atoms with Crippen LogP contribution in [0.5, 0.6) is 0 Å². The van der Waals surface area contributed by atoms with Crippen LogP contribution < -0.4 is 0 Å². The SMILES string of the molecule is O=CC1(c2cc(Cl)ncc2Br)CC1. The highest BCUT2D eigenvalue weighted by atomic mass is 79.9. The molecule has 4 heteroatoms. The van der Waals surface area contributed by atoms with Crippen molar-refractivity contribution >= 4 is 33.8 Å². The van der Waals surface area contributed by atoms with Crippen LogP contribution in [0.1, 0.15) is 18.4 Å². The van der Waals surface area contributed by atoms with Crippen molar-refractivity contribution in [1.29, 1.82) is 0 Å². The Hall–Kier alpha value is -0.410. The summed E-state index contributed by atoms with van der Waals surface area (Å²) in [5.41, 5.74) is 0.674. The van der Waals surface area contributed by atoms with E-state index < -0.39 is 0 Å². The minimum atomic E-state index is -0.286. The first kappa shape index (κ1) is 9.16. The molecule has 1 saturated carbocycles. The second-order valence-corrected chi connectivity index (χ2v) is 4.50. The van der Waals surface area contributed by atoms with Crippen LogP contribution in [0.4, 0.5) is 0 Å². The van der Waals surface area contributed by atoms with Gasteiger partial charge in [-0.25, -0.2) is 4.98 Å². The van der Waals surface area contributed by atoms with Crippen LogP contribution in [-0.2, 0) is 10.2 Å². The van der Waals surface area contributed by atoms with Crippen molar-refractivity contribution < 1.29 is 4.79 Å². The van der Waals surface area contributed by atoms with E-state index in [1.807, 2.05) is 0 Å². The van der Waals surface area contributed by atoms with Crippen LogP contribution >= 0.6 is 27.5 Å². The Balaban J connectivity index is 2.50. The first-order chi connectivity index (χ1) is 6.18. The van der Waals surface area contributed by atoms with Crippen molar-refractivity contribution in [2.45, 2.75) is 18.3 Å². The molecule has 0 saturated heterocycles. The maximum atomic E-state index is 10.9. The summed E-state index contributed by atoms with van der Waals surface area (Å²) >= 11 is 9.13. The van der Waals surface area contributed by atoms with Gasteiger partial charge in [-0.1, -0.05) is 11.6 Å². The van der Waals surface area contributed by atoms with Crippen LogP contribution in [0.3, 0.4) is 0 Å². The predicted molar refractivity (Wildman–Crippen MR) is 53.9 cm³/mol. The fourth-order valence-electron chi connectivity index (χ4n) is 1.38. The molecule has 0 N–H and O–H groups in total. The van der Waals surface area contributed by atoms with Gasteiger partial charge in [-0.3, -0.25) is 0 Å². The van der Waals surface area contributed by atoms with E-state index in [1.165, 1.54) is 0 Å². The van der Waals surface area contributed by atoms with Crippen molar-refractivity contribution in [1.82, 2.24) is 4.98 Å². The molecule has 0 amide bonds. The Kier molecular flexibility index (Phi) is 2.16. The molecule has 1 aromatic rings. The summed E-state index contributed by atoms with van der Waals surface area (Å²) in [5, 5.41) is 0.436. The molecule has 0 atom stereocenters. The Morgan fingerprint density at radius 1 is 1.62 bits per heavy atom. The maximum Gasteiger partial charge on any atom is 0.130 e. The van der Waals surface area contributed by atoms with E-state index in [0.717, 1.165) is 29.2 Å². The average Bonchev–Trinajstić information content (AvgIpc) is 2.90. The number of carbonyl (C=O) groups is 1. The topological polar surface area (TPSA) is 30.0 Å². The normalized spacial score (nSPS) is 18.3. The van der Waals surface area contributed by atoms with Gasteiger partial charge in [-0.15, -0.1) is 0 Å². The quantitative estimate of drug-likeness (QED) is 0.604. The number of carbonyl (C=O) groups excluding carboxylic acids is 1. The number of aromatic nitrogens is 1. The Labute approximate surface area is 89.4 Å². The first-order valence-electron chi connectivity index (χ1n) is 3.96. The minimum absolute atomic E-state index is 0.286. The fraction of sp³-hybridized carbons (Fsp3) is 0.333. The molecule has 0 bridgehead atoms. The molecular weight excluding hydrogens is 253 g/mol. The molecule has 13 heavy (non-hydrogen) atoms. The molecule has 2 nitrogen and oxygen atoms in total. The Bertz CT molecular complexity index is 363. The van der Waals surface area contributed by atoms with Crippen molar-refractivity contribution in [2.24, 2.45) is 0 Å². The number of hydrogen-bond donors (Lipinski definition) is 0. The zero-order chi connectivity index (χ0) is 9.47. The molecule has 1 aromatic heterocycles. The summed E-state index contributed by atoms with van der Waals surface area (Å²) in [6, 6.07) is 1.76. The third kappa shape index (κ3) is 1.51. The molecular formula is C9H7BrClNO. The smallest absolute Gasteiger partial charge is 0.130 e. The third-order valence-corrected chi connectivity index (χ3v) is 3.21. The summed E-state index contributed by atoms with van der Waals surface area (Å²) in [4.78, 5) is 14.8. The number of rotatable bonds is 2. The van der Waals surface area contributed by atoms with E-state index in [1.54, 1.807) is 12.3 Å². The number of nitrogens with zero attached hydrogens (tertiary/aromatic N) is 1. The summed E-state index contributed by atoms with van der Waals surface area (Å²) < 4.78 is 0.862. The maximum absolute atomic E-state index is 10.9. The van der Waals surface area contributed by atoms with Crippen molar-refractivity contribution in [3.63, 3.8) is 0 Å². The van der Waals surface area contributed by atoms with Gasteiger partial charge in [0.15, 0.2) is 0 Å². The van der Waals surface area contributed by atoms with E-state index >= 15 is 0 Å². The molecule has 1 fully saturated rings. The monoisotopic (exact) mass is 259 g/mol. The number of halogens is 2. The van der Waals surface area contributed by atoms with Gasteiger partial charge in [0.2, 0.25) is 0 Å². The van der Waals surface area contributed by atoms with Gasteiger partial charge in [-0.2, -0.15) is 0 Å². The summed E-state index contributed by atoms with van der Waals surface area (Å²) in [7, 11) is 0. The zero-order valence-electron chi connectivity index (χ0n) is 6.76. The summed E-state index contributed by atoms with van der Waals surface area (Å²) in [5.74, 6) is 0. The second kappa shape index (κ2) is 3.07. The second-order valence-electron chi connectivity index (χ2n) is 3.26. The molecule has 0 spiro atoms. The van der Waals surface area contributed by atoms with Crippen LogP contribution in [0, 0.1) is 0 Å². The van der Waals surface area contributed by atoms with Crippen molar-refractivity contribution in [3.8, 4) is 0 Å². The average molecular weight is 261 g/mol. The molecule has 0 aromatic carbocycles. The lowest BCUT2D eigenvalue weighted by Crippen LogP contribution is -2.08. The molecule has 1 heterocycles. The van der Waals surface area contributed by atoms with E-state index in [-0.39, 0.29) is 5.41 Å². The number of pyridine rings is 1. The molecule has 0 aliphatic heterocycles. The molecule has 1 aliphatic carbocycles. The number of aldehydes is 1. The Morgan fingerprint density at radius 2 is 2.31 bits per heavy atom. The summed E-state index contributed by atoms with van der Waals surface area (Å²) in [6.45, 7) is 0. The van der Waals surface area contributed by atoms with Gasteiger partial charge in [0.1, 0.15) is 11.4 Å². The first-order valence-corrected chi connectivity index (χ1v) is 5.13. The largest absolute Gasteiger partial charge is 0.302 e. The van der Waals surface area contributed by atoms with Gasteiger partial charge >= 0.3 is 0 Å².